The number of hydrogen-bond donors (Lipinski definition) is 1. The van der Waals surface area contributed by atoms with Crippen molar-refractivity contribution in [2.75, 3.05) is 6.61 Å². The number of ether oxygens (including phenoxy) is 1. The Kier molecular flexibility index (Phi) is 6.71. The Morgan fingerprint density at radius 1 is 1.06 bits per heavy atom. The first-order chi connectivity index (χ1) is 8.29. The monoisotopic (exact) mass is 236 g/mol. The predicted molar refractivity (Wildman–Crippen MR) is 71.3 cm³/mol. The van der Waals surface area contributed by atoms with Crippen molar-refractivity contribution >= 4 is 0 Å². The van der Waals surface area contributed by atoms with Crippen molar-refractivity contribution < 1.29 is 9.84 Å². The molecule has 0 saturated heterocycles. The molecule has 0 unspecified atom stereocenters. The quantitative estimate of drug-likeness (QED) is 0.690. The average molecular weight is 236 g/mol. The molecule has 0 fully saturated rings. The van der Waals surface area contributed by atoms with Crippen LogP contribution in [-0.4, -0.2) is 11.7 Å². The Balaban J connectivity index is 2.53. The molecule has 0 aliphatic carbocycles. The highest BCUT2D eigenvalue weighted by Crippen LogP contribution is 2.24. The Hall–Kier alpha value is -1.02. The van der Waals surface area contributed by atoms with Gasteiger partial charge in [-0.15, -0.1) is 0 Å². The Bertz CT molecular complexity index is 321. The molecule has 2 heteroatoms. The Morgan fingerprint density at radius 3 is 2.47 bits per heavy atom. The molecule has 0 atom stereocenters. The first-order valence-corrected chi connectivity index (χ1v) is 6.67. The third-order valence-corrected chi connectivity index (χ3v) is 2.90. The fourth-order valence-corrected chi connectivity index (χ4v) is 1.76. The van der Waals surface area contributed by atoms with Gasteiger partial charge >= 0.3 is 0 Å². The van der Waals surface area contributed by atoms with Crippen LogP contribution in [0.3, 0.4) is 0 Å². The van der Waals surface area contributed by atoms with E-state index in [1.807, 2.05) is 18.2 Å². The van der Waals surface area contributed by atoms with Crippen LogP contribution in [0.1, 0.15) is 50.7 Å². The van der Waals surface area contributed by atoms with Gasteiger partial charge < -0.3 is 9.84 Å². The molecule has 1 N–H and O–H groups in total. The molecule has 0 saturated carbocycles. The number of unbranched alkanes of at least 4 members (excludes halogenated alkanes) is 2. The number of phenols is 1. The molecule has 0 aromatic heterocycles. The van der Waals surface area contributed by atoms with Crippen LogP contribution in [0.2, 0.25) is 0 Å². The van der Waals surface area contributed by atoms with Crippen molar-refractivity contribution in [3.8, 4) is 5.75 Å². The topological polar surface area (TPSA) is 29.5 Å². The summed E-state index contributed by atoms with van der Waals surface area (Å²) < 4.78 is 5.54. The minimum absolute atomic E-state index is 0.428. The number of aryl methyl sites for hydroxylation is 1. The maximum absolute atomic E-state index is 10.1. The minimum atomic E-state index is 0.428. The lowest BCUT2D eigenvalue weighted by molar-refractivity contribution is 0.116. The molecule has 0 aliphatic heterocycles. The lowest BCUT2D eigenvalue weighted by atomic mass is 10.0. The van der Waals surface area contributed by atoms with Crippen molar-refractivity contribution in [2.45, 2.75) is 52.6 Å². The zero-order chi connectivity index (χ0) is 12.5. The van der Waals surface area contributed by atoms with E-state index in [9.17, 15) is 5.11 Å². The minimum Gasteiger partial charge on any atom is -0.507 e. The standard InChI is InChI=1S/C15H24O2/c1-3-5-8-13-9-7-10-14(15(13)16)12-17-11-6-4-2/h7,9-10,16H,3-6,8,11-12H2,1-2H3. The molecule has 17 heavy (non-hydrogen) atoms. The number of benzene rings is 1. The van der Waals surface area contributed by atoms with Gasteiger partial charge in [-0.25, -0.2) is 0 Å². The summed E-state index contributed by atoms with van der Waals surface area (Å²) in [7, 11) is 0. The van der Waals surface area contributed by atoms with E-state index >= 15 is 0 Å². The van der Waals surface area contributed by atoms with Gasteiger partial charge in [-0.1, -0.05) is 44.9 Å². The highest BCUT2D eigenvalue weighted by atomic mass is 16.5. The third kappa shape index (κ3) is 4.78. The van der Waals surface area contributed by atoms with Gasteiger partial charge in [0, 0.05) is 12.2 Å². The lowest BCUT2D eigenvalue weighted by Crippen LogP contribution is -1.97. The molecule has 1 aromatic rings. The molecule has 0 radical (unpaired) electrons. The van der Waals surface area contributed by atoms with E-state index in [-0.39, 0.29) is 0 Å². The number of aromatic hydroxyl groups is 1. The molecule has 1 rings (SSSR count). The molecule has 0 spiro atoms. The van der Waals surface area contributed by atoms with Gasteiger partial charge in [0.2, 0.25) is 0 Å². The summed E-state index contributed by atoms with van der Waals surface area (Å²) in [5, 5.41) is 10.1. The lowest BCUT2D eigenvalue weighted by Gasteiger charge is -2.10. The van der Waals surface area contributed by atoms with Gasteiger partial charge in [-0.3, -0.25) is 0 Å². The number of phenolic OH excluding ortho intramolecular Hbond substituents is 1. The zero-order valence-corrected chi connectivity index (χ0v) is 11.0. The molecule has 96 valence electrons. The third-order valence-electron chi connectivity index (χ3n) is 2.90. The van der Waals surface area contributed by atoms with Crippen LogP contribution in [0, 0.1) is 0 Å². The Morgan fingerprint density at radius 2 is 1.76 bits per heavy atom. The molecule has 0 bridgehead atoms. The summed E-state index contributed by atoms with van der Waals surface area (Å²) in [6, 6.07) is 5.94. The number of rotatable bonds is 8. The summed E-state index contributed by atoms with van der Waals surface area (Å²) in [6.07, 6.45) is 5.44. The van der Waals surface area contributed by atoms with Crippen LogP contribution >= 0.6 is 0 Å². The van der Waals surface area contributed by atoms with Crippen molar-refractivity contribution in [1.29, 1.82) is 0 Å². The number of para-hydroxylation sites is 1. The van der Waals surface area contributed by atoms with Crippen molar-refractivity contribution in [1.82, 2.24) is 0 Å². The summed E-state index contributed by atoms with van der Waals surface area (Å²) >= 11 is 0. The molecule has 0 heterocycles. The van der Waals surface area contributed by atoms with Crippen molar-refractivity contribution in [3.05, 3.63) is 29.3 Å². The van der Waals surface area contributed by atoms with Crippen LogP contribution in [0.5, 0.6) is 5.75 Å². The van der Waals surface area contributed by atoms with Crippen LogP contribution in [0.25, 0.3) is 0 Å². The van der Waals surface area contributed by atoms with E-state index in [1.165, 1.54) is 0 Å². The van der Waals surface area contributed by atoms with E-state index in [0.29, 0.717) is 12.4 Å². The normalized spacial score (nSPS) is 10.7. The number of hydrogen-bond acceptors (Lipinski definition) is 2. The molecule has 1 aromatic carbocycles. The van der Waals surface area contributed by atoms with Gasteiger partial charge in [0.15, 0.2) is 0 Å². The van der Waals surface area contributed by atoms with Gasteiger partial charge in [0.05, 0.1) is 6.61 Å². The first-order valence-electron chi connectivity index (χ1n) is 6.67. The van der Waals surface area contributed by atoms with Crippen LogP contribution in [0.4, 0.5) is 0 Å². The SMILES string of the molecule is CCCCOCc1cccc(CCCC)c1O. The smallest absolute Gasteiger partial charge is 0.124 e. The predicted octanol–water partition coefficient (Wildman–Crippen LogP) is 4.05. The van der Waals surface area contributed by atoms with E-state index < -0.39 is 0 Å². The summed E-state index contributed by atoms with van der Waals surface area (Å²) in [4.78, 5) is 0. The molecule has 0 aliphatic rings. The van der Waals surface area contributed by atoms with E-state index in [0.717, 1.165) is 49.8 Å². The maximum Gasteiger partial charge on any atom is 0.124 e. The van der Waals surface area contributed by atoms with E-state index in [1.54, 1.807) is 0 Å². The van der Waals surface area contributed by atoms with Crippen molar-refractivity contribution in [2.24, 2.45) is 0 Å². The highest BCUT2D eigenvalue weighted by molar-refractivity contribution is 5.40. The second-order valence-electron chi connectivity index (χ2n) is 4.43. The summed E-state index contributed by atoms with van der Waals surface area (Å²) in [5.74, 6) is 0.428. The first kappa shape index (κ1) is 14.0. The molecule has 2 nitrogen and oxygen atoms in total. The maximum atomic E-state index is 10.1. The zero-order valence-electron chi connectivity index (χ0n) is 11.0. The molecule has 0 amide bonds. The van der Waals surface area contributed by atoms with Crippen LogP contribution in [-0.2, 0) is 17.8 Å². The fraction of sp³-hybridized carbons (Fsp3) is 0.600. The summed E-state index contributed by atoms with van der Waals surface area (Å²) in [5.41, 5.74) is 1.96. The van der Waals surface area contributed by atoms with Crippen LogP contribution in [0.15, 0.2) is 18.2 Å². The molecular weight excluding hydrogens is 212 g/mol. The highest BCUT2D eigenvalue weighted by Gasteiger charge is 2.06. The Labute approximate surface area is 105 Å². The largest absolute Gasteiger partial charge is 0.507 e. The van der Waals surface area contributed by atoms with Gasteiger partial charge in [-0.2, -0.15) is 0 Å². The fourth-order valence-electron chi connectivity index (χ4n) is 1.76. The van der Waals surface area contributed by atoms with Gasteiger partial charge in [-0.05, 0) is 24.8 Å². The second kappa shape index (κ2) is 8.13. The summed E-state index contributed by atoms with van der Waals surface area (Å²) in [6.45, 7) is 5.60. The average Bonchev–Trinajstić information content (AvgIpc) is 2.35. The van der Waals surface area contributed by atoms with Crippen molar-refractivity contribution in [3.63, 3.8) is 0 Å². The van der Waals surface area contributed by atoms with E-state index in [2.05, 4.69) is 13.8 Å². The molecular formula is C15H24O2. The van der Waals surface area contributed by atoms with Gasteiger partial charge in [0.25, 0.3) is 0 Å². The second-order valence-corrected chi connectivity index (χ2v) is 4.43. The van der Waals surface area contributed by atoms with Gasteiger partial charge in [0.1, 0.15) is 5.75 Å². The van der Waals surface area contributed by atoms with Crippen LogP contribution < -0.4 is 0 Å². The van der Waals surface area contributed by atoms with E-state index in [4.69, 9.17) is 4.74 Å².